The second-order valence-electron chi connectivity index (χ2n) is 6.73. The van der Waals surface area contributed by atoms with Gasteiger partial charge >= 0.3 is 0 Å². The van der Waals surface area contributed by atoms with Crippen LogP contribution >= 0.6 is 0 Å². The molecule has 2 aromatic carbocycles. The lowest BCUT2D eigenvalue weighted by atomic mass is 10.1. The largest absolute Gasteiger partial charge is 0.496 e. The first-order chi connectivity index (χ1) is 12.8. The third kappa shape index (κ3) is 3.40. The van der Waals surface area contributed by atoms with Crippen LogP contribution in [0.5, 0.6) is 5.75 Å². The number of carbonyl (C=O) groups excluding carboxylic acids is 1. The Morgan fingerprint density at radius 3 is 2.65 bits per heavy atom. The molecule has 0 saturated heterocycles. The Kier molecular flexibility index (Phi) is 4.57. The average molecular weight is 346 g/mol. The summed E-state index contributed by atoms with van der Waals surface area (Å²) in [5.41, 5.74) is 2.95. The molecule has 0 radical (unpaired) electrons. The molecule has 0 spiro atoms. The summed E-state index contributed by atoms with van der Waals surface area (Å²) in [6.07, 6.45) is 4.31. The Labute approximate surface area is 153 Å². The highest BCUT2D eigenvalue weighted by molar-refractivity contribution is 5.87. The van der Waals surface area contributed by atoms with Gasteiger partial charge in [-0.15, -0.1) is 0 Å². The van der Waals surface area contributed by atoms with E-state index in [2.05, 4.69) is 4.98 Å². The van der Waals surface area contributed by atoms with Crippen LogP contribution < -0.4 is 4.74 Å². The lowest BCUT2D eigenvalue weighted by Gasteiger charge is -2.24. The maximum atomic E-state index is 13.1. The van der Waals surface area contributed by atoms with Gasteiger partial charge in [-0.1, -0.05) is 42.5 Å². The SMILES string of the molecule is COc1ccccc1CN(C(=O)Cc1cccc2cccnc12)C1CC1. The Hall–Kier alpha value is -2.88. The van der Waals surface area contributed by atoms with Crippen LogP contribution in [0.25, 0.3) is 10.9 Å². The third-order valence-corrected chi connectivity index (χ3v) is 4.90. The normalized spacial score (nSPS) is 13.6. The summed E-state index contributed by atoms with van der Waals surface area (Å²) in [6, 6.07) is 18.2. The van der Waals surface area contributed by atoms with Crippen molar-refractivity contribution in [3.63, 3.8) is 0 Å². The summed E-state index contributed by atoms with van der Waals surface area (Å²) in [4.78, 5) is 19.6. The van der Waals surface area contributed by atoms with Gasteiger partial charge in [-0.05, 0) is 30.5 Å². The molecule has 0 atom stereocenters. The quantitative estimate of drug-likeness (QED) is 0.678. The number of para-hydroxylation sites is 2. The van der Waals surface area contributed by atoms with E-state index >= 15 is 0 Å². The van der Waals surface area contributed by atoms with Crippen LogP contribution in [0.3, 0.4) is 0 Å². The van der Waals surface area contributed by atoms with Gasteiger partial charge in [0.2, 0.25) is 5.91 Å². The zero-order valence-corrected chi connectivity index (χ0v) is 14.9. The molecule has 132 valence electrons. The van der Waals surface area contributed by atoms with E-state index in [1.165, 1.54) is 0 Å². The van der Waals surface area contributed by atoms with Crippen molar-refractivity contribution in [2.24, 2.45) is 0 Å². The lowest BCUT2D eigenvalue weighted by molar-refractivity contribution is -0.131. The molecular weight excluding hydrogens is 324 g/mol. The number of hydrogen-bond acceptors (Lipinski definition) is 3. The predicted molar refractivity (Wildman–Crippen MR) is 102 cm³/mol. The number of benzene rings is 2. The fraction of sp³-hybridized carbons (Fsp3) is 0.273. The molecule has 1 amide bonds. The molecule has 0 bridgehead atoms. The lowest BCUT2D eigenvalue weighted by Crippen LogP contribution is -2.34. The molecule has 1 aliphatic rings. The Bertz CT molecular complexity index is 929. The zero-order valence-electron chi connectivity index (χ0n) is 14.9. The number of hydrogen-bond donors (Lipinski definition) is 0. The highest BCUT2D eigenvalue weighted by Gasteiger charge is 2.33. The Morgan fingerprint density at radius 1 is 1.08 bits per heavy atom. The first-order valence-corrected chi connectivity index (χ1v) is 9.00. The summed E-state index contributed by atoms with van der Waals surface area (Å²) >= 11 is 0. The van der Waals surface area contributed by atoms with E-state index < -0.39 is 0 Å². The summed E-state index contributed by atoms with van der Waals surface area (Å²) in [5, 5.41) is 1.07. The molecular formula is C22H22N2O2. The number of pyridine rings is 1. The number of fused-ring (bicyclic) bond motifs is 1. The number of rotatable bonds is 6. The molecule has 1 aromatic heterocycles. The van der Waals surface area contributed by atoms with Gasteiger partial charge in [0.1, 0.15) is 5.75 Å². The topological polar surface area (TPSA) is 42.4 Å². The van der Waals surface area contributed by atoms with Crippen molar-refractivity contribution in [2.75, 3.05) is 7.11 Å². The van der Waals surface area contributed by atoms with E-state index in [9.17, 15) is 4.79 Å². The van der Waals surface area contributed by atoms with Crippen molar-refractivity contribution in [1.29, 1.82) is 0 Å². The minimum Gasteiger partial charge on any atom is -0.496 e. The fourth-order valence-electron chi connectivity index (χ4n) is 3.40. The van der Waals surface area contributed by atoms with Crippen molar-refractivity contribution < 1.29 is 9.53 Å². The predicted octanol–water partition coefficient (Wildman–Crippen LogP) is 3.98. The van der Waals surface area contributed by atoms with Crippen molar-refractivity contribution in [3.05, 3.63) is 71.9 Å². The van der Waals surface area contributed by atoms with Crippen LogP contribution in [-0.4, -0.2) is 28.9 Å². The molecule has 3 aromatic rings. The molecule has 4 rings (SSSR count). The van der Waals surface area contributed by atoms with Crippen LogP contribution in [-0.2, 0) is 17.8 Å². The van der Waals surface area contributed by atoms with E-state index in [4.69, 9.17) is 4.74 Å². The smallest absolute Gasteiger partial charge is 0.227 e. The maximum absolute atomic E-state index is 13.1. The second-order valence-corrected chi connectivity index (χ2v) is 6.73. The third-order valence-electron chi connectivity index (χ3n) is 4.90. The van der Waals surface area contributed by atoms with Crippen LogP contribution in [0.2, 0.25) is 0 Å². The number of nitrogens with zero attached hydrogens (tertiary/aromatic N) is 2. The number of ether oxygens (including phenoxy) is 1. The van der Waals surface area contributed by atoms with Crippen molar-refractivity contribution in [1.82, 2.24) is 9.88 Å². The molecule has 1 fully saturated rings. The molecule has 1 aliphatic carbocycles. The van der Waals surface area contributed by atoms with Crippen molar-refractivity contribution in [2.45, 2.75) is 31.8 Å². The first-order valence-electron chi connectivity index (χ1n) is 9.00. The van der Waals surface area contributed by atoms with Gasteiger partial charge in [-0.2, -0.15) is 0 Å². The number of carbonyl (C=O) groups is 1. The number of amides is 1. The van der Waals surface area contributed by atoms with Gasteiger partial charge in [0.05, 0.1) is 19.0 Å². The highest BCUT2D eigenvalue weighted by atomic mass is 16.5. The molecule has 4 nitrogen and oxygen atoms in total. The Balaban J connectivity index is 1.58. The van der Waals surface area contributed by atoms with Gasteiger partial charge in [0.15, 0.2) is 0 Å². The summed E-state index contributed by atoms with van der Waals surface area (Å²) in [6.45, 7) is 0.589. The molecule has 26 heavy (non-hydrogen) atoms. The highest BCUT2D eigenvalue weighted by Crippen LogP contribution is 2.31. The van der Waals surface area contributed by atoms with Crippen LogP contribution in [0, 0.1) is 0 Å². The van der Waals surface area contributed by atoms with E-state index in [0.29, 0.717) is 19.0 Å². The van der Waals surface area contributed by atoms with Gasteiger partial charge in [-0.25, -0.2) is 0 Å². The van der Waals surface area contributed by atoms with Crippen molar-refractivity contribution in [3.8, 4) is 5.75 Å². The Morgan fingerprint density at radius 2 is 1.85 bits per heavy atom. The van der Waals surface area contributed by atoms with Crippen LogP contribution in [0.15, 0.2) is 60.8 Å². The summed E-state index contributed by atoms with van der Waals surface area (Å²) in [5.74, 6) is 0.981. The monoisotopic (exact) mass is 346 g/mol. The molecule has 0 unspecified atom stereocenters. The number of aromatic nitrogens is 1. The van der Waals surface area contributed by atoms with Gasteiger partial charge in [-0.3, -0.25) is 9.78 Å². The summed E-state index contributed by atoms with van der Waals surface area (Å²) < 4.78 is 5.45. The molecule has 0 N–H and O–H groups in total. The zero-order chi connectivity index (χ0) is 17.9. The van der Waals surface area contributed by atoms with E-state index in [-0.39, 0.29) is 5.91 Å². The molecule has 1 saturated carbocycles. The van der Waals surface area contributed by atoms with E-state index in [0.717, 1.165) is 40.6 Å². The second kappa shape index (κ2) is 7.16. The maximum Gasteiger partial charge on any atom is 0.227 e. The van der Waals surface area contributed by atoms with Gasteiger partial charge in [0, 0.05) is 29.7 Å². The minimum absolute atomic E-state index is 0.150. The van der Waals surface area contributed by atoms with E-state index in [1.807, 2.05) is 59.5 Å². The van der Waals surface area contributed by atoms with Crippen LogP contribution in [0.4, 0.5) is 0 Å². The fourth-order valence-corrected chi connectivity index (χ4v) is 3.40. The van der Waals surface area contributed by atoms with Gasteiger partial charge in [0.25, 0.3) is 0 Å². The van der Waals surface area contributed by atoms with Gasteiger partial charge < -0.3 is 9.64 Å². The van der Waals surface area contributed by atoms with E-state index in [1.54, 1.807) is 13.3 Å². The molecule has 1 heterocycles. The molecule has 4 heteroatoms. The van der Waals surface area contributed by atoms with Crippen LogP contribution in [0.1, 0.15) is 24.0 Å². The minimum atomic E-state index is 0.150. The average Bonchev–Trinajstić information content (AvgIpc) is 3.51. The van der Waals surface area contributed by atoms with Crippen molar-refractivity contribution >= 4 is 16.8 Å². The standard InChI is InChI=1S/C22H22N2O2/c1-26-20-10-3-2-6-18(20)15-24(19-11-12-19)21(25)14-17-8-4-7-16-9-5-13-23-22(16)17/h2-10,13,19H,11-12,14-15H2,1H3. The first kappa shape index (κ1) is 16.6. The number of methoxy groups -OCH3 is 1. The molecule has 0 aliphatic heterocycles. The summed E-state index contributed by atoms with van der Waals surface area (Å²) in [7, 11) is 1.67.